The minimum absolute atomic E-state index is 0.0254. The van der Waals surface area contributed by atoms with Gasteiger partial charge in [0.15, 0.2) is 0 Å². The molecule has 0 aliphatic carbocycles. The standard InChI is InChI=1S/C25H23NO4S/c1-19-8-10-21(11-9-19)12-13-22-14-16-24(17-15-22)31(29,30)26(20(2)25(27)28)18-23-6-4-3-5-7-23/h3-11,14-17,20H,18H2,1-2H3,(H,27,28)/t20-/m1/s1. The first-order chi connectivity index (χ1) is 14.8. The Morgan fingerprint density at radius 2 is 1.42 bits per heavy atom. The fourth-order valence-corrected chi connectivity index (χ4v) is 4.52. The van der Waals surface area contributed by atoms with E-state index in [-0.39, 0.29) is 11.4 Å². The summed E-state index contributed by atoms with van der Waals surface area (Å²) in [6, 6.07) is 21.7. The molecule has 0 aliphatic heterocycles. The van der Waals surface area contributed by atoms with E-state index in [2.05, 4.69) is 11.8 Å². The number of nitrogens with zero attached hydrogens (tertiary/aromatic N) is 1. The molecule has 6 heteroatoms. The number of aryl methyl sites for hydroxylation is 1. The van der Waals surface area contributed by atoms with Gasteiger partial charge in [0, 0.05) is 17.7 Å². The Morgan fingerprint density at radius 3 is 1.94 bits per heavy atom. The number of carboxylic acid groups (broad SMARTS) is 1. The molecule has 31 heavy (non-hydrogen) atoms. The van der Waals surface area contributed by atoms with Crippen LogP contribution in [0.4, 0.5) is 0 Å². The van der Waals surface area contributed by atoms with E-state index < -0.39 is 22.0 Å². The second-order valence-electron chi connectivity index (χ2n) is 7.19. The van der Waals surface area contributed by atoms with E-state index in [1.807, 2.05) is 37.3 Å². The van der Waals surface area contributed by atoms with Gasteiger partial charge in [-0.3, -0.25) is 4.79 Å². The topological polar surface area (TPSA) is 74.7 Å². The third-order valence-electron chi connectivity index (χ3n) is 4.83. The van der Waals surface area contributed by atoms with Crippen molar-refractivity contribution < 1.29 is 18.3 Å². The molecule has 1 atom stereocenters. The van der Waals surface area contributed by atoms with Gasteiger partial charge >= 0.3 is 5.97 Å². The minimum Gasteiger partial charge on any atom is -0.480 e. The average molecular weight is 434 g/mol. The predicted molar refractivity (Wildman–Crippen MR) is 120 cm³/mol. The Balaban J connectivity index is 1.87. The van der Waals surface area contributed by atoms with Crippen molar-refractivity contribution in [3.8, 4) is 11.8 Å². The molecule has 0 amide bonds. The van der Waals surface area contributed by atoms with Gasteiger partial charge < -0.3 is 5.11 Å². The molecule has 0 aliphatic rings. The van der Waals surface area contributed by atoms with E-state index in [9.17, 15) is 18.3 Å². The Kier molecular flexibility index (Phi) is 6.91. The highest BCUT2D eigenvalue weighted by Gasteiger charge is 2.33. The second-order valence-corrected chi connectivity index (χ2v) is 9.08. The number of rotatable bonds is 6. The molecule has 0 unspecified atom stereocenters. The number of carbonyl (C=O) groups is 1. The van der Waals surface area contributed by atoms with Gasteiger partial charge in [0.1, 0.15) is 6.04 Å². The lowest BCUT2D eigenvalue weighted by atomic mass is 10.1. The van der Waals surface area contributed by atoms with E-state index >= 15 is 0 Å². The lowest BCUT2D eigenvalue weighted by molar-refractivity contribution is -0.141. The Bertz CT molecular complexity index is 1210. The van der Waals surface area contributed by atoms with Crippen molar-refractivity contribution in [1.82, 2.24) is 4.31 Å². The number of hydrogen-bond acceptors (Lipinski definition) is 3. The zero-order valence-electron chi connectivity index (χ0n) is 17.3. The smallest absolute Gasteiger partial charge is 0.321 e. The van der Waals surface area contributed by atoms with Crippen molar-refractivity contribution in [2.75, 3.05) is 0 Å². The van der Waals surface area contributed by atoms with Gasteiger partial charge in [0.2, 0.25) is 10.0 Å². The highest BCUT2D eigenvalue weighted by Crippen LogP contribution is 2.22. The maximum Gasteiger partial charge on any atom is 0.321 e. The third kappa shape index (κ3) is 5.60. The fraction of sp³-hybridized carbons (Fsp3) is 0.160. The largest absolute Gasteiger partial charge is 0.480 e. The lowest BCUT2D eigenvalue weighted by Crippen LogP contribution is -2.42. The van der Waals surface area contributed by atoms with Gasteiger partial charge in [-0.15, -0.1) is 0 Å². The van der Waals surface area contributed by atoms with Crippen molar-refractivity contribution in [1.29, 1.82) is 0 Å². The molecule has 1 N–H and O–H groups in total. The fourth-order valence-electron chi connectivity index (χ4n) is 2.94. The average Bonchev–Trinajstić information content (AvgIpc) is 2.77. The molecule has 0 radical (unpaired) electrons. The molecule has 3 rings (SSSR count). The van der Waals surface area contributed by atoms with Crippen LogP contribution >= 0.6 is 0 Å². The highest BCUT2D eigenvalue weighted by atomic mass is 32.2. The van der Waals surface area contributed by atoms with E-state index in [4.69, 9.17) is 0 Å². The van der Waals surface area contributed by atoms with Crippen molar-refractivity contribution in [3.05, 3.63) is 101 Å². The van der Waals surface area contributed by atoms with Gasteiger partial charge in [-0.1, -0.05) is 59.9 Å². The van der Waals surface area contributed by atoms with Crippen LogP contribution in [0.15, 0.2) is 83.8 Å². The van der Waals surface area contributed by atoms with Crippen LogP contribution in [0.2, 0.25) is 0 Å². The SMILES string of the molecule is Cc1ccc(C#Cc2ccc(S(=O)(=O)N(Cc3ccccc3)[C@H](C)C(=O)O)cc2)cc1. The van der Waals surface area contributed by atoms with E-state index in [1.165, 1.54) is 19.1 Å². The Hall–Kier alpha value is -3.40. The van der Waals surface area contributed by atoms with Gasteiger partial charge in [0.05, 0.1) is 4.90 Å². The predicted octanol–water partition coefficient (Wildman–Crippen LogP) is 4.06. The second kappa shape index (κ2) is 9.61. The van der Waals surface area contributed by atoms with Crippen molar-refractivity contribution in [2.45, 2.75) is 31.3 Å². The molecule has 3 aromatic carbocycles. The zero-order valence-corrected chi connectivity index (χ0v) is 18.1. The third-order valence-corrected chi connectivity index (χ3v) is 6.76. The first kappa shape index (κ1) is 22.3. The molecule has 0 spiro atoms. The summed E-state index contributed by atoms with van der Waals surface area (Å²) in [5.74, 6) is 4.86. The first-order valence-corrected chi connectivity index (χ1v) is 11.2. The van der Waals surface area contributed by atoms with Crippen LogP contribution in [0, 0.1) is 18.8 Å². The number of aliphatic carboxylic acids is 1. The molecule has 3 aromatic rings. The number of sulfonamides is 1. The first-order valence-electron chi connectivity index (χ1n) is 9.75. The summed E-state index contributed by atoms with van der Waals surface area (Å²) >= 11 is 0. The van der Waals surface area contributed by atoms with Crippen LogP contribution < -0.4 is 0 Å². The summed E-state index contributed by atoms with van der Waals surface area (Å²) in [6.07, 6.45) is 0. The summed E-state index contributed by atoms with van der Waals surface area (Å²) in [6.45, 7) is 3.33. The number of hydrogen-bond donors (Lipinski definition) is 1. The van der Waals surface area contributed by atoms with Crippen LogP contribution in [0.25, 0.3) is 0 Å². The van der Waals surface area contributed by atoms with Crippen LogP contribution in [-0.4, -0.2) is 29.8 Å². The quantitative estimate of drug-likeness (QED) is 0.595. The lowest BCUT2D eigenvalue weighted by Gasteiger charge is -2.26. The summed E-state index contributed by atoms with van der Waals surface area (Å²) in [7, 11) is -4.03. The summed E-state index contributed by atoms with van der Waals surface area (Å²) in [5, 5.41) is 9.46. The normalized spacial score (nSPS) is 12.1. The zero-order chi connectivity index (χ0) is 22.4. The van der Waals surface area contributed by atoms with E-state index in [0.29, 0.717) is 11.1 Å². The molecule has 0 saturated heterocycles. The monoisotopic (exact) mass is 433 g/mol. The summed E-state index contributed by atoms with van der Waals surface area (Å²) in [4.78, 5) is 11.6. The maximum absolute atomic E-state index is 13.2. The Morgan fingerprint density at radius 1 is 0.903 bits per heavy atom. The van der Waals surface area contributed by atoms with Crippen LogP contribution in [0.3, 0.4) is 0 Å². The molecule has 158 valence electrons. The number of benzene rings is 3. The molecule has 0 saturated carbocycles. The van der Waals surface area contributed by atoms with Crippen molar-refractivity contribution in [3.63, 3.8) is 0 Å². The summed E-state index contributed by atoms with van der Waals surface area (Å²) in [5.41, 5.74) is 3.39. The van der Waals surface area contributed by atoms with Crippen LogP contribution in [0.1, 0.15) is 29.2 Å². The van der Waals surface area contributed by atoms with Crippen LogP contribution in [-0.2, 0) is 21.4 Å². The summed E-state index contributed by atoms with van der Waals surface area (Å²) < 4.78 is 27.5. The van der Waals surface area contributed by atoms with E-state index in [0.717, 1.165) is 15.4 Å². The van der Waals surface area contributed by atoms with Gasteiger partial charge in [-0.2, -0.15) is 4.31 Å². The number of carboxylic acids is 1. The van der Waals surface area contributed by atoms with Gasteiger partial charge in [-0.25, -0.2) is 8.42 Å². The molecule has 0 aromatic heterocycles. The molecule has 0 bridgehead atoms. The van der Waals surface area contributed by atoms with Gasteiger partial charge in [0.25, 0.3) is 0 Å². The van der Waals surface area contributed by atoms with Gasteiger partial charge in [-0.05, 0) is 55.8 Å². The van der Waals surface area contributed by atoms with Crippen LogP contribution in [0.5, 0.6) is 0 Å². The molecule has 0 fully saturated rings. The maximum atomic E-state index is 13.2. The molecular weight excluding hydrogens is 410 g/mol. The molecule has 0 heterocycles. The van der Waals surface area contributed by atoms with Crippen molar-refractivity contribution in [2.24, 2.45) is 0 Å². The Labute approximate surface area is 183 Å². The van der Waals surface area contributed by atoms with E-state index in [1.54, 1.807) is 36.4 Å². The minimum atomic E-state index is -4.03. The molecular formula is C25H23NO4S. The highest BCUT2D eigenvalue weighted by molar-refractivity contribution is 7.89. The van der Waals surface area contributed by atoms with Crippen molar-refractivity contribution >= 4 is 16.0 Å². The molecule has 5 nitrogen and oxygen atoms in total.